The largest absolute Gasteiger partial charge is 0.390 e. The Morgan fingerprint density at radius 1 is 1.40 bits per heavy atom. The molecule has 0 atom stereocenters. The minimum atomic E-state index is -0.518. The van der Waals surface area contributed by atoms with Crippen LogP contribution in [0.5, 0.6) is 0 Å². The summed E-state index contributed by atoms with van der Waals surface area (Å²) in [7, 11) is 0. The standard InChI is InChI=1S/C9H16O/c1-4-5-6-7-8-9(2,3)10/h10H,6-8H2,1-3H3. The third-order valence-electron chi connectivity index (χ3n) is 1.27. The Morgan fingerprint density at radius 2 is 2.00 bits per heavy atom. The summed E-state index contributed by atoms with van der Waals surface area (Å²) in [5, 5.41) is 9.27. The van der Waals surface area contributed by atoms with E-state index < -0.39 is 5.60 Å². The molecular weight excluding hydrogens is 124 g/mol. The molecule has 0 aromatic carbocycles. The third-order valence-corrected chi connectivity index (χ3v) is 1.27. The molecule has 0 fully saturated rings. The molecule has 1 N–H and O–H groups in total. The zero-order valence-electron chi connectivity index (χ0n) is 7.07. The summed E-state index contributed by atoms with van der Waals surface area (Å²) in [5.74, 6) is 5.78. The first-order valence-electron chi connectivity index (χ1n) is 3.68. The van der Waals surface area contributed by atoms with Crippen molar-refractivity contribution in [1.82, 2.24) is 0 Å². The van der Waals surface area contributed by atoms with Gasteiger partial charge >= 0.3 is 0 Å². The Hall–Kier alpha value is -0.480. The number of hydrogen-bond acceptors (Lipinski definition) is 1. The van der Waals surface area contributed by atoms with E-state index in [4.69, 9.17) is 0 Å². The van der Waals surface area contributed by atoms with Gasteiger partial charge in [0.05, 0.1) is 5.60 Å². The van der Waals surface area contributed by atoms with Crippen molar-refractivity contribution in [2.24, 2.45) is 0 Å². The Kier molecular flexibility index (Phi) is 4.14. The lowest BCUT2D eigenvalue weighted by molar-refractivity contribution is 0.0693. The average molecular weight is 140 g/mol. The summed E-state index contributed by atoms with van der Waals surface area (Å²) in [5.41, 5.74) is -0.518. The van der Waals surface area contributed by atoms with Gasteiger partial charge in [-0.2, -0.15) is 0 Å². The first-order chi connectivity index (χ1) is 4.56. The second-order valence-corrected chi connectivity index (χ2v) is 3.09. The van der Waals surface area contributed by atoms with Crippen LogP contribution in [0.25, 0.3) is 0 Å². The molecule has 0 radical (unpaired) electrons. The molecule has 0 saturated heterocycles. The van der Waals surface area contributed by atoms with E-state index in [-0.39, 0.29) is 0 Å². The zero-order valence-corrected chi connectivity index (χ0v) is 7.07. The predicted molar refractivity (Wildman–Crippen MR) is 43.6 cm³/mol. The van der Waals surface area contributed by atoms with Crippen molar-refractivity contribution in [2.75, 3.05) is 0 Å². The van der Waals surface area contributed by atoms with Gasteiger partial charge in [-0.1, -0.05) is 0 Å². The SMILES string of the molecule is CC#CCCCC(C)(C)O. The highest BCUT2D eigenvalue weighted by molar-refractivity contribution is 4.94. The lowest BCUT2D eigenvalue weighted by Gasteiger charge is -2.15. The first-order valence-corrected chi connectivity index (χ1v) is 3.68. The van der Waals surface area contributed by atoms with Crippen molar-refractivity contribution in [1.29, 1.82) is 0 Å². The molecule has 1 nitrogen and oxygen atoms in total. The molecular formula is C9H16O. The van der Waals surface area contributed by atoms with E-state index in [2.05, 4.69) is 11.8 Å². The summed E-state index contributed by atoms with van der Waals surface area (Å²) in [6.07, 6.45) is 2.73. The molecule has 0 aliphatic rings. The van der Waals surface area contributed by atoms with Crippen molar-refractivity contribution in [3.63, 3.8) is 0 Å². The van der Waals surface area contributed by atoms with Crippen LogP contribution in [0.1, 0.15) is 40.0 Å². The van der Waals surface area contributed by atoms with Crippen molar-refractivity contribution in [3.05, 3.63) is 0 Å². The monoisotopic (exact) mass is 140 g/mol. The maximum absolute atomic E-state index is 9.27. The van der Waals surface area contributed by atoms with Gasteiger partial charge in [0, 0.05) is 6.42 Å². The molecule has 0 aromatic heterocycles. The van der Waals surface area contributed by atoms with E-state index in [0.29, 0.717) is 0 Å². The Bertz CT molecular complexity index is 131. The van der Waals surface area contributed by atoms with Gasteiger partial charge < -0.3 is 5.11 Å². The fourth-order valence-corrected chi connectivity index (χ4v) is 0.734. The van der Waals surface area contributed by atoms with Crippen molar-refractivity contribution in [2.45, 2.75) is 45.6 Å². The van der Waals surface area contributed by atoms with Gasteiger partial charge in [-0.3, -0.25) is 0 Å². The van der Waals surface area contributed by atoms with Crippen LogP contribution in [0, 0.1) is 11.8 Å². The van der Waals surface area contributed by atoms with Gasteiger partial charge in [0.15, 0.2) is 0 Å². The molecule has 0 bridgehead atoms. The molecule has 10 heavy (non-hydrogen) atoms. The molecule has 0 aliphatic heterocycles. The minimum Gasteiger partial charge on any atom is -0.390 e. The van der Waals surface area contributed by atoms with Gasteiger partial charge in [-0.15, -0.1) is 11.8 Å². The van der Waals surface area contributed by atoms with Gasteiger partial charge in [0.2, 0.25) is 0 Å². The second kappa shape index (κ2) is 4.35. The molecule has 58 valence electrons. The summed E-state index contributed by atoms with van der Waals surface area (Å²) in [6.45, 7) is 5.49. The lowest BCUT2D eigenvalue weighted by Crippen LogP contribution is -2.17. The molecule has 0 amide bonds. The fraction of sp³-hybridized carbons (Fsp3) is 0.778. The van der Waals surface area contributed by atoms with Crippen LogP contribution in [0.4, 0.5) is 0 Å². The van der Waals surface area contributed by atoms with Crippen LogP contribution in [0.15, 0.2) is 0 Å². The summed E-state index contributed by atoms with van der Waals surface area (Å²) in [4.78, 5) is 0. The maximum Gasteiger partial charge on any atom is 0.0592 e. The van der Waals surface area contributed by atoms with Crippen molar-refractivity contribution < 1.29 is 5.11 Å². The summed E-state index contributed by atoms with van der Waals surface area (Å²) in [6, 6.07) is 0. The van der Waals surface area contributed by atoms with E-state index in [1.165, 1.54) is 0 Å². The zero-order chi connectivity index (χ0) is 8.04. The number of hydrogen-bond donors (Lipinski definition) is 1. The highest BCUT2D eigenvalue weighted by atomic mass is 16.3. The average Bonchev–Trinajstić information content (AvgIpc) is 1.78. The Morgan fingerprint density at radius 3 is 2.40 bits per heavy atom. The molecule has 1 heteroatoms. The second-order valence-electron chi connectivity index (χ2n) is 3.09. The number of rotatable bonds is 3. The van der Waals surface area contributed by atoms with Gasteiger partial charge in [-0.05, 0) is 33.6 Å². The summed E-state index contributed by atoms with van der Waals surface area (Å²) >= 11 is 0. The fourth-order valence-electron chi connectivity index (χ4n) is 0.734. The smallest absolute Gasteiger partial charge is 0.0592 e. The normalized spacial score (nSPS) is 10.4. The third kappa shape index (κ3) is 7.52. The van der Waals surface area contributed by atoms with Crippen molar-refractivity contribution in [3.8, 4) is 11.8 Å². The molecule has 0 saturated carbocycles. The number of aliphatic hydroxyl groups is 1. The minimum absolute atomic E-state index is 0.518. The van der Waals surface area contributed by atoms with Crippen LogP contribution in [-0.4, -0.2) is 10.7 Å². The van der Waals surface area contributed by atoms with Gasteiger partial charge in [0.25, 0.3) is 0 Å². The van der Waals surface area contributed by atoms with Gasteiger partial charge in [-0.25, -0.2) is 0 Å². The lowest BCUT2D eigenvalue weighted by atomic mass is 10.0. The quantitative estimate of drug-likeness (QED) is 0.469. The van der Waals surface area contributed by atoms with Crippen LogP contribution in [0.2, 0.25) is 0 Å². The van der Waals surface area contributed by atoms with Crippen LogP contribution in [-0.2, 0) is 0 Å². The van der Waals surface area contributed by atoms with Crippen LogP contribution >= 0.6 is 0 Å². The molecule has 0 heterocycles. The van der Waals surface area contributed by atoms with E-state index in [0.717, 1.165) is 19.3 Å². The molecule has 0 spiro atoms. The van der Waals surface area contributed by atoms with E-state index in [1.54, 1.807) is 0 Å². The first kappa shape index (κ1) is 9.52. The van der Waals surface area contributed by atoms with E-state index in [1.807, 2.05) is 20.8 Å². The predicted octanol–water partition coefficient (Wildman–Crippen LogP) is 1.95. The highest BCUT2D eigenvalue weighted by Crippen LogP contribution is 2.10. The van der Waals surface area contributed by atoms with E-state index in [9.17, 15) is 5.11 Å². The van der Waals surface area contributed by atoms with Gasteiger partial charge in [0.1, 0.15) is 0 Å². The van der Waals surface area contributed by atoms with E-state index >= 15 is 0 Å². The molecule has 0 aromatic rings. The Labute approximate surface area is 63.5 Å². The van der Waals surface area contributed by atoms with Crippen molar-refractivity contribution >= 4 is 0 Å². The number of unbranched alkanes of at least 4 members (excludes halogenated alkanes) is 1. The molecule has 0 aliphatic carbocycles. The summed E-state index contributed by atoms with van der Waals surface area (Å²) < 4.78 is 0. The molecule has 0 unspecified atom stereocenters. The molecule has 0 rings (SSSR count). The topological polar surface area (TPSA) is 20.2 Å². The van der Waals surface area contributed by atoms with Crippen LogP contribution < -0.4 is 0 Å². The Balaban J connectivity index is 3.26. The highest BCUT2D eigenvalue weighted by Gasteiger charge is 2.10. The van der Waals surface area contributed by atoms with Crippen LogP contribution in [0.3, 0.4) is 0 Å². The maximum atomic E-state index is 9.27.